The van der Waals surface area contributed by atoms with Crippen LogP contribution in [0.25, 0.3) is 17.2 Å². The molecule has 0 radical (unpaired) electrons. The molecule has 5 atom stereocenters. The minimum absolute atomic E-state index is 0.0161. The molecular formula is C63H70N6O15. The van der Waals surface area contributed by atoms with Gasteiger partial charge in [0.2, 0.25) is 18.1 Å². The number of carbonyl (C=O) groups is 8. The van der Waals surface area contributed by atoms with Crippen molar-refractivity contribution in [3.8, 4) is 16.9 Å². The molecule has 1 aromatic heterocycles. The second-order valence-electron chi connectivity index (χ2n) is 20.8. The van der Waals surface area contributed by atoms with E-state index in [1.165, 1.54) is 39.0 Å². The Balaban J connectivity index is 0.865. The van der Waals surface area contributed by atoms with Crippen LogP contribution >= 0.6 is 0 Å². The minimum Gasteiger partial charge on any atom is -0.463 e. The van der Waals surface area contributed by atoms with E-state index in [1.807, 2.05) is 65.6 Å². The first-order chi connectivity index (χ1) is 40.6. The second kappa shape index (κ2) is 29.7. The largest absolute Gasteiger partial charge is 0.463 e. The van der Waals surface area contributed by atoms with Crippen molar-refractivity contribution in [2.24, 2.45) is 11.8 Å². The number of likely N-dealkylation sites (tertiary alicyclic amines) is 1. The molecule has 0 unspecified atom stereocenters. The Hall–Kier alpha value is -9.11. The maximum Gasteiger partial charge on any atom is 0.411 e. The van der Waals surface area contributed by atoms with E-state index >= 15 is 0 Å². The van der Waals surface area contributed by atoms with Crippen LogP contribution in [0.15, 0.2) is 122 Å². The molecule has 4 aromatic carbocycles. The number of rotatable bonds is 23. The second-order valence-corrected chi connectivity index (χ2v) is 20.8. The van der Waals surface area contributed by atoms with Crippen LogP contribution in [0.2, 0.25) is 0 Å². The third-order valence-electron chi connectivity index (χ3n) is 14.6. The molecule has 442 valence electrons. The third-order valence-corrected chi connectivity index (χ3v) is 14.6. The summed E-state index contributed by atoms with van der Waals surface area (Å²) >= 11 is 0. The lowest BCUT2D eigenvalue weighted by molar-refractivity contribution is -0.270. The van der Waals surface area contributed by atoms with Crippen LogP contribution in [0, 0.1) is 11.8 Å². The Kier molecular flexibility index (Phi) is 21.6. The summed E-state index contributed by atoms with van der Waals surface area (Å²) in [6.45, 7) is 6.32. The zero-order valence-electron chi connectivity index (χ0n) is 47.4. The molecule has 0 bridgehead atoms. The van der Waals surface area contributed by atoms with Gasteiger partial charge in [-0.05, 0) is 101 Å². The number of hydrogen-bond donors (Lipinski definition) is 4. The number of benzene rings is 4. The van der Waals surface area contributed by atoms with E-state index in [2.05, 4.69) is 26.3 Å². The molecule has 3 heterocycles. The van der Waals surface area contributed by atoms with Gasteiger partial charge in [-0.25, -0.2) is 9.59 Å². The average Bonchev–Trinajstić information content (AvgIpc) is 3.36. The molecule has 4 N–H and O–H groups in total. The molecule has 21 heteroatoms. The fourth-order valence-corrected chi connectivity index (χ4v) is 10.5. The van der Waals surface area contributed by atoms with E-state index in [1.54, 1.807) is 55.7 Å². The average molecular weight is 1150 g/mol. The SMILES string of the molecule is CC(=O)OC[C@H]1O[C@H](Oc2ccc(COC(=O)Nc3cccc(C(=O)N4CCC(CCCCNC(=O)/C=C/c5cccnc5)CC4)c3)cc2NC(=O)CCNC(=O)OCC2c3ccccc3-c3ccccc32)[C@@H](OC(C)=O)[C@@H](C)[C@@H]1OC(C)=O. The van der Waals surface area contributed by atoms with Crippen molar-refractivity contribution in [1.29, 1.82) is 0 Å². The van der Waals surface area contributed by atoms with E-state index in [0.29, 0.717) is 42.4 Å². The van der Waals surface area contributed by atoms with Gasteiger partial charge in [0.25, 0.3) is 5.91 Å². The Morgan fingerprint density at radius 1 is 0.702 bits per heavy atom. The predicted molar refractivity (Wildman–Crippen MR) is 308 cm³/mol. The number of aromatic nitrogens is 1. The van der Waals surface area contributed by atoms with Gasteiger partial charge in [-0.15, -0.1) is 0 Å². The molecule has 21 nitrogen and oxygen atoms in total. The normalized spacial score (nSPS) is 18.3. The van der Waals surface area contributed by atoms with Gasteiger partial charge in [0, 0.05) is 94.9 Å². The third kappa shape index (κ3) is 17.2. The lowest BCUT2D eigenvalue weighted by atomic mass is 9.90. The zero-order valence-corrected chi connectivity index (χ0v) is 47.4. The fraction of sp³-hybridized carbons (Fsp3) is 0.381. The summed E-state index contributed by atoms with van der Waals surface area (Å²) in [5.74, 6) is -3.30. The van der Waals surface area contributed by atoms with E-state index in [9.17, 15) is 38.4 Å². The van der Waals surface area contributed by atoms with E-state index in [4.69, 9.17) is 33.2 Å². The Labute approximate surface area is 487 Å². The topological polar surface area (TPSA) is 265 Å². The molecule has 84 heavy (non-hydrogen) atoms. The standard InChI is InChI=1S/C63H70N6O15/c1-39-58(81-41(3)71)55(38-78-40(2)70)84-61(59(39)82-42(4)72)83-54-23-21-45(33-53(54)68-57(74)25-30-66-62(76)80-37-52-50-19-7-5-17-48(50)49-18-6-8-20-51(49)52)36-79-63(77)67-47-16-11-15-46(34-47)60(75)69-31-26-43(27-32-69)13-9-10-29-65-56(73)24-22-44-14-12-28-64-35-44/h5-8,11-12,14-24,28,33-35,39,43,52,55,58-59,61H,9-10,13,25-27,29-32,36-38H2,1-4H3,(H,65,73)(H,66,76)(H,67,77)(H,68,74)/b24-22+/t39-,55+,58-,59-,61-/m0/s1. The van der Waals surface area contributed by atoms with E-state index in [-0.39, 0.29) is 62.0 Å². The Morgan fingerprint density at radius 3 is 2.13 bits per heavy atom. The number of piperidine rings is 1. The lowest BCUT2D eigenvalue weighted by Crippen LogP contribution is -2.58. The number of alkyl carbamates (subject to hydrolysis) is 1. The van der Waals surface area contributed by atoms with Crippen LogP contribution in [0.1, 0.15) is 105 Å². The van der Waals surface area contributed by atoms with Crippen LogP contribution in [0.4, 0.5) is 21.0 Å². The molecule has 8 rings (SSSR count). The number of carbonyl (C=O) groups excluding carboxylic acids is 8. The van der Waals surface area contributed by atoms with Gasteiger partial charge in [0.05, 0.1) is 5.69 Å². The van der Waals surface area contributed by atoms with Crippen molar-refractivity contribution in [3.63, 3.8) is 0 Å². The van der Waals surface area contributed by atoms with Crippen molar-refractivity contribution in [2.45, 2.75) is 103 Å². The van der Waals surface area contributed by atoms with Gasteiger partial charge in [-0.1, -0.05) is 86.5 Å². The summed E-state index contributed by atoms with van der Waals surface area (Å²) in [5, 5.41) is 11.0. The highest BCUT2D eigenvalue weighted by molar-refractivity contribution is 5.96. The van der Waals surface area contributed by atoms with Crippen LogP contribution < -0.4 is 26.0 Å². The van der Waals surface area contributed by atoms with Gasteiger partial charge >= 0.3 is 30.1 Å². The summed E-state index contributed by atoms with van der Waals surface area (Å²) in [5.41, 5.74) is 6.30. The first-order valence-electron chi connectivity index (χ1n) is 28.1. The molecule has 2 aliphatic heterocycles. The first-order valence-corrected chi connectivity index (χ1v) is 28.1. The highest BCUT2D eigenvalue weighted by Crippen LogP contribution is 2.44. The van der Waals surface area contributed by atoms with Gasteiger partial charge in [-0.3, -0.25) is 39.1 Å². The molecular weight excluding hydrogens is 1080 g/mol. The number of unbranched alkanes of at least 4 members (excludes halogenated alkanes) is 1. The monoisotopic (exact) mass is 1150 g/mol. The van der Waals surface area contributed by atoms with Gasteiger partial charge in [0.1, 0.15) is 37.8 Å². The summed E-state index contributed by atoms with van der Waals surface area (Å²) in [7, 11) is 0. The van der Waals surface area contributed by atoms with E-state index in [0.717, 1.165) is 59.9 Å². The highest BCUT2D eigenvalue weighted by Gasteiger charge is 2.49. The molecule has 3 aliphatic rings. The number of anilines is 2. The van der Waals surface area contributed by atoms with Crippen LogP contribution in [0.3, 0.4) is 0 Å². The predicted octanol–water partition coefficient (Wildman–Crippen LogP) is 8.72. The quantitative estimate of drug-likeness (QED) is 0.0206. The number of hydrogen-bond acceptors (Lipinski definition) is 16. The van der Waals surface area contributed by atoms with Crippen molar-refractivity contribution in [2.75, 3.05) is 50.0 Å². The smallest absolute Gasteiger partial charge is 0.411 e. The Bertz CT molecular complexity index is 3140. The number of nitrogens with zero attached hydrogens (tertiary/aromatic N) is 2. The maximum atomic E-state index is 13.7. The zero-order chi connectivity index (χ0) is 59.5. The number of amides is 5. The van der Waals surface area contributed by atoms with Gasteiger partial charge < -0.3 is 54.0 Å². The highest BCUT2D eigenvalue weighted by atomic mass is 16.7. The molecule has 2 fully saturated rings. The molecule has 5 amide bonds. The van der Waals surface area contributed by atoms with Crippen molar-refractivity contribution < 1.29 is 71.5 Å². The summed E-state index contributed by atoms with van der Waals surface area (Å²) in [6.07, 6.45) is 4.66. The first kappa shape index (κ1) is 61.0. The molecule has 0 spiro atoms. The van der Waals surface area contributed by atoms with E-state index < -0.39 is 66.5 Å². The minimum atomic E-state index is -1.40. The van der Waals surface area contributed by atoms with Crippen LogP contribution in [0.5, 0.6) is 5.75 Å². The number of fused-ring (bicyclic) bond motifs is 3. The molecule has 5 aromatic rings. The number of ether oxygens (including phenoxy) is 7. The Morgan fingerprint density at radius 2 is 1.43 bits per heavy atom. The summed E-state index contributed by atoms with van der Waals surface area (Å²) in [4.78, 5) is 108. The fourth-order valence-electron chi connectivity index (χ4n) is 10.5. The van der Waals surface area contributed by atoms with Gasteiger partial charge in [-0.2, -0.15) is 0 Å². The number of nitrogens with one attached hydrogen (secondary N) is 4. The lowest BCUT2D eigenvalue weighted by Gasteiger charge is -2.43. The van der Waals surface area contributed by atoms with Crippen LogP contribution in [-0.4, -0.2) is 122 Å². The number of pyridine rings is 1. The van der Waals surface area contributed by atoms with Crippen molar-refractivity contribution in [1.82, 2.24) is 20.5 Å². The number of esters is 3. The van der Waals surface area contributed by atoms with Crippen molar-refractivity contribution >= 4 is 65.3 Å². The molecule has 0 saturated carbocycles. The van der Waals surface area contributed by atoms with Crippen LogP contribution in [-0.2, 0) is 59.0 Å². The maximum absolute atomic E-state index is 13.7. The van der Waals surface area contributed by atoms with Gasteiger partial charge in [0.15, 0.2) is 6.10 Å². The molecule has 1 aliphatic carbocycles. The molecule has 2 saturated heterocycles. The van der Waals surface area contributed by atoms with Crippen molar-refractivity contribution in [3.05, 3.63) is 149 Å². The summed E-state index contributed by atoms with van der Waals surface area (Å²) < 4.78 is 40.3. The summed E-state index contributed by atoms with van der Waals surface area (Å²) in [6, 6.07) is 30.7.